The number of anilines is 1. The number of aliphatic hydroxyl groups excluding tert-OH is 1. The first-order valence-corrected chi connectivity index (χ1v) is 9.00. The molecule has 0 radical (unpaired) electrons. The van der Waals surface area contributed by atoms with Gasteiger partial charge in [0.25, 0.3) is 0 Å². The Bertz CT molecular complexity index is 753. The molecule has 0 aliphatic carbocycles. The lowest BCUT2D eigenvalue weighted by molar-refractivity contribution is -0.158. The van der Waals surface area contributed by atoms with Crippen molar-refractivity contribution in [2.45, 2.75) is 38.7 Å². The van der Waals surface area contributed by atoms with E-state index in [1.54, 1.807) is 12.4 Å². The lowest BCUT2D eigenvalue weighted by Crippen LogP contribution is -2.56. The standard InChI is InChI=1S/C20H25N3O3/c1-15-12-21-13-18(22-15)23-11-9-17(24)20(14-23,19(25)26)10-5-8-16-6-3-2-4-7-16/h2-4,6-7,12-13,17,24H,5,8-11,14H2,1H3,(H,25,26)/t17-,20-/m1/s1. The van der Waals surface area contributed by atoms with Gasteiger partial charge in [0, 0.05) is 19.3 Å². The molecule has 0 bridgehead atoms. The Kier molecular flexibility index (Phi) is 5.52. The Labute approximate surface area is 153 Å². The van der Waals surface area contributed by atoms with E-state index in [0.717, 1.165) is 12.1 Å². The van der Waals surface area contributed by atoms with Gasteiger partial charge in [-0.05, 0) is 38.2 Å². The van der Waals surface area contributed by atoms with Gasteiger partial charge in [-0.3, -0.25) is 9.78 Å². The monoisotopic (exact) mass is 355 g/mol. The average Bonchev–Trinajstić information content (AvgIpc) is 2.64. The normalized spacial score (nSPS) is 23.0. The number of carboxylic acid groups (broad SMARTS) is 1. The lowest BCUT2D eigenvalue weighted by Gasteiger charge is -2.43. The van der Waals surface area contributed by atoms with Crippen molar-refractivity contribution in [3.05, 3.63) is 54.0 Å². The van der Waals surface area contributed by atoms with E-state index in [0.29, 0.717) is 31.6 Å². The van der Waals surface area contributed by atoms with E-state index >= 15 is 0 Å². The second-order valence-corrected chi connectivity index (χ2v) is 7.05. The zero-order chi connectivity index (χ0) is 18.6. The van der Waals surface area contributed by atoms with Crippen LogP contribution in [0.2, 0.25) is 0 Å². The van der Waals surface area contributed by atoms with Crippen LogP contribution in [0.5, 0.6) is 0 Å². The third-order valence-electron chi connectivity index (χ3n) is 5.21. The number of hydrogen-bond donors (Lipinski definition) is 2. The topological polar surface area (TPSA) is 86.5 Å². The molecule has 2 heterocycles. The van der Waals surface area contributed by atoms with E-state index in [-0.39, 0.29) is 6.54 Å². The molecule has 3 rings (SSSR count). The Balaban J connectivity index is 1.75. The molecule has 0 unspecified atom stereocenters. The summed E-state index contributed by atoms with van der Waals surface area (Å²) in [6.45, 7) is 2.68. The highest BCUT2D eigenvalue weighted by molar-refractivity contribution is 5.77. The van der Waals surface area contributed by atoms with Gasteiger partial charge in [0.05, 0.1) is 18.0 Å². The quantitative estimate of drug-likeness (QED) is 0.828. The lowest BCUT2D eigenvalue weighted by atomic mass is 9.73. The summed E-state index contributed by atoms with van der Waals surface area (Å²) in [7, 11) is 0. The number of carbonyl (C=O) groups is 1. The smallest absolute Gasteiger partial charge is 0.314 e. The fraction of sp³-hybridized carbons (Fsp3) is 0.450. The summed E-state index contributed by atoms with van der Waals surface area (Å²) in [6.07, 6.45) is 4.81. The van der Waals surface area contributed by atoms with Gasteiger partial charge >= 0.3 is 5.97 Å². The van der Waals surface area contributed by atoms with Crippen LogP contribution in [0.15, 0.2) is 42.7 Å². The van der Waals surface area contributed by atoms with Crippen molar-refractivity contribution in [1.82, 2.24) is 9.97 Å². The van der Waals surface area contributed by atoms with Gasteiger partial charge in [-0.1, -0.05) is 30.3 Å². The molecule has 2 atom stereocenters. The number of aliphatic hydroxyl groups is 1. The first kappa shape index (κ1) is 18.3. The van der Waals surface area contributed by atoms with E-state index < -0.39 is 17.5 Å². The second kappa shape index (κ2) is 7.83. The molecule has 1 fully saturated rings. The number of piperidine rings is 1. The van der Waals surface area contributed by atoms with Crippen molar-refractivity contribution in [2.24, 2.45) is 5.41 Å². The summed E-state index contributed by atoms with van der Waals surface area (Å²) in [5.74, 6) is -0.269. The van der Waals surface area contributed by atoms with Gasteiger partial charge in [-0.25, -0.2) is 4.98 Å². The Hall–Kier alpha value is -2.47. The molecule has 0 amide bonds. The number of aromatic nitrogens is 2. The van der Waals surface area contributed by atoms with Gasteiger partial charge < -0.3 is 15.1 Å². The molecule has 26 heavy (non-hydrogen) atoms. The summed E-state index contributed by atoms with van der Waals surface area (Å²) in [4.78, 5) is 22.7. The van der Waals surface area contributed by atoms with Crippen molar-refractivity contribution in [3.63, 3.8) is 0 Å². The zero-order valence-corrected chi connectivity index (χ0v) is 15.0. The van der Waals surface area contributed by atoms with E-state index in [1.807, 2.05) is 42.2 Å². The van der Waals surface area contributed by atoms with E-state index in [4.69, 9.17) is 0 Å². The molecule has 2 aromatic rings. The summed E-state index contributed by atoms with van der Waals surface area (Å²) in [5, 5.41) is 20.5. The highest BCUT2D eigenvalue weighted by Crippen LogP contribution is 2.37. The van der Waals surface area contributed by atoms with Crippen molar-refractivity contribution < 1.29 is 15.0 Å². The van der Waals surface area contributed by atoms with Crippen LogP contribution in [0.25, 0.3) is 0 Å². The van der Waals surface area contributed by atoms with Crippen molar-refractivity contribution in [3.8, 4) is 0 Å². The van der Waals surface area contributed by atoms with Crippen LogP contribution < -0.4 is 4.90 Å². The minimum absolute atomic E-state index is 0.246. The predicted molar refractivity (Wildman–Crippen MR) is 99.1 cm³/mol. The molecule has 1 aliphatic rings. The SMILES string of the molecule is Cc1cncc(N2CC[C@@H](O)[C@](CCCc3ccccc3)(C(=O)O)C2)n1. The van der Waals surface area contributed by atoms with Crippen molar-refractivity contribution >= 4 is 11.8 Å². The largest absolute Gasteiger partial charge is 0.481 e. The number of hydrogen-bond acceptors (Lipinski definition) is 5. The number of aliphatic carboxylic acids is 1. The molecule has 2 N–H and O–H groups in total. The molecule has 0 saturated carbocycles. The molecule has 0 spiro atoms. The van der Waals surface area contributed by atoms with E-state index in [2.05, 4.69) is 9.97 Å². The molecular formula is C20H25N3O3. The van der Waals surface area contributed by atoms with Crippen LogP contribution in [-0.2, 0) is 11.2 Å². The molecule has 1 saturated heterocycles. The van der Waals surface area contributed by atoms with E-state index in [9.17, 15) is 15.0 Å². The number of aryl methyl sites for hydroxylation is 2. The van der Waals surface area contributed by atoms with Gasteiger partial charge in [0.15, 0.2) is 0 Å². The first-order valence-electron chi connectivity index (χ1n) is 9.00. The maximum absolute atomic E-state index is 12.2. The molecular weight excluding hydrogens is 330 g/mol. The Morgan fingerprint density at radius 1 is 1.31 bits per heavy atom. The fourth-order valence-corrected chi connectivity index (χ4v) is 3.69. The van der Waals surface area contributed by atoms with Crippen LogP contribution in [0.3, 0.4) is 0 Å². The minimum atomic E-state index is -1.18. The summed E-state index contributed by atoms with van der Waals surface area (Å²) >= 11 is 0. The predicted octanol–water partition coefficient (Wildman–Crippen LogP) is 2.45. The molecule has 1 aromatic carbocycles. The maximum atomic E-state index is 12.2. The van der Waals surface area contributed by atoms with Crippen molar-refractivity contribution in [2.75, 3.05) is 18.0 Å². The summed E-state index contributed by atoms with van der Waals surface area (Å²) < 4.78 is 0. The average molecular weight is 355 g/mol. The molecule has 1 aromatic heterocycles. The van der Waals surface area contributed by atoms with Crippen LogP contribution >= 0.6 is 0 Å². The summed E-state index contributed by atoms with van der Waals surface area (Å²) in [6, 6.07) is 10.0. The number of rotatable bonds is 6. The zero-order valence-electron chi connectivity index (χ0n) is 15.0. The van der Waals surface area contributed by atoms with Crippen LogP contribution in [0.1, 0.15) is 30.5 Å². The first-order chi connectivity index (χ1) is 12.5. The van der Waals surface area contributed by atoms with Crippen LogP contribution in [-0.4, -0.2) is 45.3 Å². The minimum Gasteiger partial charge on any atom is -0.481 e. The van der Waals surface area contributed by atoms with Gasteiger partial charge in [-0.2, -0.15) is 0 Å². The highest BCUT2D eigenvalue weighted by Gasteiger charge is 2.49. The Morgan fingerprint density at radius 3 is 2.77 bits per heavy atom. The third-order valence-corrected chi connectivity index (χ3v) is 5.21. The van der Waals surface area contributed by atoms with Gasteiger partial charge in [0.2, 0.25) is 0 Å². The fourth-order valence-electron chi connectivity index (χ4n) is 3.69. The van der Waals surface area contributed by atoms with Gasteiger partial charge in [0.1, 0.15) is 11.2 Å². The summed E-state index contributed by atoms with van der Waals surface area (Å²) in [5.41, 5.74) is 0.789. The molecule has 6 heteroatoms. The number of nitrogens with zero attached hydrogens (tertiary/aromatic N) is 3. The Morgan fingerprint density at radius 2 is 2.08 bits per heavy atom. The maximum Gasteiger partial charge on any atom is 0.314 e. The van der Waals surface area contributed by atoms with Crippen LogP contribution in [0, 0.1) is 12.3 Å². The van der Waals surface area contributed by atoms with Crippen LogP contribution in [0.4, 0.5) is 5.82 Å². The second-order valence-electron chi connectivity index (χ2n) is 7.05. The van der Waals surface area contributed by atoms with E-state index in [1.165, 1.54) is 5.56 Å². The number of benzene rings is 1. The molecule has 138 valence electrons. The molecule has 1 aliphatic heterocycles. The van der Waals surface area contributed by atoms with Gasteiger partial charge in [-0.15, -0.1) is 0 Å². The third kappa shape index (κ3) is 3.85. The molecule has 6 nitrogen and oxygen atoms in total. The van der Waals surface area contributed by atoms with Crippen molar-refractivity contribution in [1.29, 1.82) is 0 Å². The number of carboxylic acids is 1. The highest BCUT2D eigenvalue weighted by atomic mass is 16.4.